The lowest BCUT2D eigenvalue weighted by molar-refractivity contribution is 0.240. The molecule has 2 N–H and O–H groups in total. The molecule has 0 aliphatic heterocycles. The van der Waals surface area contributed by atoms with E-state index in [0.29, 0.717) is 11.3 Å². The minimum Gasteiger partial charge on any atom is -0.398 e. The van der Waals surface area contributed by atoms with Crippen LogP contribution in [0.25, 0.3) is 0 Å². The first-order valence-electron chi connectivity index (χ1n) is 16.6. The predicted molar refractivity (Wildman–Crippen MR) is 204 cm³/mol. The summed E-state index contributed by atoms with van der Waals surface area (Å²) in [4.78, 5) is 0. The van der Waals surface area contributed by atoms with Gasteiger partial charge in [-0.3, -0.25) is 0 Å². The predicted octanol–water partition coefficient (Wildman–Crippen LogP) is 3.18. The van der Waals surface area contributed by atoms with E-state index in [0.717, 1.165) is 38.0 Å². The van der Waals surface area contributed by atoms with Crippen molar-refractivity contribution < 1.29 is 26.6 Å². The van der Waals surface area contributed by atoms with Gasteiger partial charge < -0.3 is 37.2 Å². The molecule has 8 nitrogen and oxygen atoms in total. The van der Waals surface area contributed by atoms with Gasteiger partial charge >= 0.3 is 25.7 Å². The van der Waals surface area contributed by atoms with Gasteiger partial charge in [-0.25, -0.2) is 0 Å². The van der Waals surface area contributed by atoms with E-state index in [-0.39, 0.29) is 0 Å². The van der Waals surface area contributed by atoms with Crippen molar-refractivity contribution in [1.29, 1.82) is 0 Å². The van der Waals surface area contributed by atoms with Crippen molar-refractivity contribution in [2.45, 2.75) is 101 Å². The molecule has 0 aromatic heterocycles. The number of hydrogen-bond acceptors (Lipinski definition) is 8. The highest BCUT2D eigenvalue weighted by Gasteiger charge is 2.39. The minimum atomic E-state index is -2.32. The summed E-state index contributed by atoms with van der Waals surface area (Å²) in [5, 5.41) is 11.1. The van der Waals surface area contributed by atoms with Gasteiger partial charge in [0.25, 0.3) is 0 Å². The Balaban J connectivity index is 3.15. The Morgan fingerprint density at radius 2 is 1.20 bits per heavy atom. The van der Waals surface area contributed by atoms with Gasteiger partial charge in [-0.15, -0.1) is 0 Å². The average Bonchev–Trinajstić information content (AvgIpc) is 3.02. The average molecular weight is 721 g/mol. The van der Waals surface area contributed by atoms with Crippen LogP contribution in [0.4, 0.5) is 0 Å². The maximum Gasteiger partial charge on any atom is 0.341 e. The topological polar surface area (TPSA) is 79.4 Å². The van der Waals surface area contributed by atoms with E-state index >= 15 is 0 Å². The third-order valence-corrected chi connectivity index (χ3v) is 24.8. The third-order valence-electron chi connectivity index (χ3n) is 9.73. The SMILES string of the molecule is CO[Si](C)(CCCNC(NCCC[Si](C)(OC)OC)[SiH2]CCc1c([SiH](C)C)ccc(C(C)[Si](C)(OC)OC)c1[SiH](C)C)OC. The van der Waals surface area contributed by atoms with Gasteiger partial charge in [-0.05, 0) is 69.6 Å². The van der Waals surface area contributed by atoms with Crippen LogP contribution >= 0.6 is 0 Å². The summed E-state index contributed by atoms with van der Waals surface area (Å²) < 4.78 is 34.9. The fraction of sp³-hybridized carbons (Fsp3) is 0.800. The maximum absolute atomic E-state index is 6.04. The molecule has 1 atom stereocenters. The molecule has 1 aromatic carbocycles. The van der Waals surface area contributed by atoms with Crippen molar-refractivity contribution >= 4 is 63.2 Å². The highest BCUT2D eigenvalue weighted by Crippen LogP contribution is 2.28. The third kappa shape index (κ3) is 12.7. The number of rotatable bonds is 24. The summed E-state index contributed by atoms with van der Waals surface area (Å²) in [6.45, 7) is 20.7. The Morgan fingerprint density at radius 3 is 1.59 bits per heavy atom. The van der Waals surface area contributed by atoms with Crippen molar-refractivity contribution in [3.05, 3.63) is 23.3 Å². The summed E-state index contributed by atoms with van der Waals surface area (Å²) in [5.41, 5.74) is 3.45. The lowest BCUT2D eigenvalue weighted by Gasteiger charge is -2.33. The fourth-order valence-electron chi connectivity index (χ4n) is 6.00. The highest BCUT2D eigenvalue weighted by molar-refractivity contribution is 6.76. The van der Waals surface area contributed by atoms with Crippen molar-refractivity contribution in [3.63, 3.8) is 0 Å². The summed E-state index contributed by atoms with van der Waals surface area (Å²) >= 11 is 0. The Kier molecular flexibility index (Phi) is 19.7. The van der Waals surface area contributed by atoms with Crippen LogP contribution in [0.1, 0.15) is 36.4 Å². The van der Waals surface area contributed by atoms with E-state index in [2.05, 4.69) is 75.5 Å². The van der Waals surface area contributed by atoms with E-state index < -0.39 is 52.8 Å². The zero-order chi connectivity index (χ0) is 33.6. The Labute approximate surface area is 279 Å². The fourth-order valence-corrected chi connectivity index (χ4v) is 16.1. The molecule has 0 bridgehead atoms. The smallest absolute Gasteiger partial charge is 0.341 e. The Bertz CT molecular complexity index is 923. The van der Waals surface area contributed by atoms with Crippen LogP contribution in [0.3, 0.4) is 0 Å². The molecule has 0 saturated heterocycles. The second-order valence-electron chi connectivity index (χ2n) is 13.2. The lowest BCUT2D eigenvalue weighted by Crippen LogP contribution is -2.49. The lowest BCUT2D eigenvalue weighted by atomic mass is 10.1. The Morgan fingerprint density at radius 1 is 0.727 bits per heavy atom. The largest absolute Gasteiger partial charge is 0.398 e. The zero-order valence-corrected chi connectivity index (χ0v) is 37.5. The summed E-state index contributed by atoms with van der Waals surface area (Å²) in [6.07, 6.45) is 3.30. The monoisotopic (exact) mass is 720 g/mol. The van der Waals surface area contributed by atoms with Gasteiger partial charge in [-0.1, -0.05) is 67.2 Å². The standard InChI is InChI=1S/C30H68N2O6Si6/c1-25(44(14,37-6)38-7)26-17-18-28(40(8)9)27(29(26)41(10)11)19-22-39-30(31-20-15-23-42(12,33-2)34-3)32-21-16-24-43(13,35-4)36-5/h17-18,25,30-32,40-41H,15-16,19-24,39H2,1-14H3. The van der Waals surface area contributed by atoms with Crippen LogP contribution in [-0.2, 0) is 33.0 Å². The molecule has 14 heteroatoms. The first kappa shape index (κ1) is 42.2. The van der Waals surface area contributed by atoms with Crippen LogP contribution in [0.2, 0.25) is 64.0 Å². The van der Waals surface area contributed by atoms with Crippen molar-refractivity contribution in [2.75, 3.05) is 55.7 Å². The van der Waals surface area contributed by atoms with Crippen LogP contribution in [-0.4, -0.2) is 114 Å². The van der Waals surface area contributed by atoms with Crippen molar-refractivity contribution in [1.82, 2.24) is 10.6 Å². The number of hydrogen-bond donors (Lipinski definition) is 2. The second-order valence-corrected chi connectivity index (χ2v) is 32.0. The van der Waals surface area contributed by atoms with E-state index in [1.165, 1.54) is 18.0 Å². The van der Waals surface area contributed by atoms with E-state index in [1.807, 2.05) is 14.2 Å². The molecule has 0 aliphatic rings. The van der Waals surface area contributed by atoms with Crippen LogP contribution < -0.4 is 21.0 Å². The zero-order valence-electron chi connectivity index (χ0n) is 30.8. The van der Waals surface area contributed by atoms with Gasteiger partial charge in [-0.2, -0.15) is 0 Å². The van der Waals surface area contributed by atoms with Gasteiger partial charge in [0.05, 0.1) is 27.1 Å². The van der Waals surface area contributed by atoms with Crippen LogP contribution in [0.5, 0.6) is 0 Å². The van der Waals surface area contributed by atoms with E-state index in [1.54, 1.807) is 44.4 Å². The molecular formula is C30H68N2O6Si6. The molecule has 0 radical (unpaired) electrons. The second kappa shape index (κ2) is 20.5. The normalized spacial score (nSPS) is 14.2. The maximum atomic E-state index is 6.04. The molecule has 44 heavy (non-hydrogen) atoms. The quantitative estimate of drug-likeness (QED) is 0.0959. The molecule has 0 amide bonds. The Hall–Kier alpha value is 0.201. The molecule has 0 aliphatic carbocycles. The first-order chi connectivity index (χ1) is 20.7. The molecule has 0 spiro atoms. The first-order valence-corrected chi connectivity index (χ1v) is 31.7. The molecular weight excluding hydrogens is 653 g/mol. The molecule has 0 saturated carbocycles. The van der Waals surface area contributed by atoms with Gasteiger partial charge in [0.15, 0.2) is 0 Å². The molecule has 1 rings (SSSR count). The summed E-state index contributed by atoms with van der Waals surface area (Å²) in [5.74, 6) is 0.394. The summed E-state index contributed by atoms with van der Waals surface area (Å²) in [7, 11) is 1.81. The summed E-state index contributed by atoms with van der Waals surface area (Å²) in [6, 6.07) is 8.16. The molecule has 258 valence electrons. The van der Waals surface area contributed by atoms with Crippen LogP contribution in [0.15, 0.2) is 12.1 Å². The van der Waals surface area contributed by atoms with Gasteiger partial charge in [0, 0.05) is 54.0 Å². The number of benzene rings is 1. The van der Waals surface area contributed by atoms with Gasteiger partial charge in [0.1, 0.15) is 0 Å². The molecule has 1 aromatic rings. The van der Waals surface area contributed by atoms with Crippen LogP contribution in [0, 0.1) is 0 Å². The number of nitrogens with one attached hydrogen (secondary N) is 2. The van der Waals surface area contributed by atoms with E-state index in [9.17, 15) is 0 Å². The van der Waals surface area contributed by atoms with Crippen molar-refractivity contribution in [2.24, 2.45) is 0 Å². The highest BCUT2D eigenvalue weighted by atomic mass is 28.4. The minimum absolute atomic E-state index is 0.291. The molecule has 0 heterocycles. The molecule has 1 unspecified atom stereocenters. The molecule has 0 fully saturated rings. The van der Waals surface area contributed by atoms with Gasteiger partial charge in [0.2, 0.25) is 0 Å². The van der Waals surface area contributed by atoms with Crippen molar-refractivity contribution in [3.8, 4) is 0 Å². The van der Waals surface area contributed by atoms with E-state index in [4.69, 9.17) is 26.6 Å².